The second-order valence-electron chi connectivity index (χ2n) is 5.30. The first-order valence-corrected chi connectivity index (χ1v) is 7.12. The first-order valence-electron chi connectivity index (χ1n) is 7.12. The largest absolute Gasteiger partial charge is 0.465 e. The van der Waals surface area contributed by atoms with Crippen molar-refractivity contribution in [3.05, 3.63) is 54.6 Å². The third kappa shape index (κ3) is 3.16. The van der Waals surface area contributed by atoms with Gasteiger partial charge in [-0.05, 0) is 29.7 Å². The van der Waals surface area contributed by atoms with Crippen molar-refractivity contribution < 1.29 is 9.90 Å². The molecule has 2 N–H and O–H groups in total. The fraction of sp³-hybridized carbons (Fsp3) is 0.235. The lowest BCUT2D eigenvalue weighted by Gasteiger charge is -2.15. The van der Waals surface area contributed by atoms with Gasteiger partial charge in [-0.25, -0.2) is 4.79 Å². The van der Waals surface area contributed by atoms with Crippen LogP contribution >= 0.6 is 0 Å². The summed E-state index contributed by atoms with van der Waals surface area (Å²) in [6.45, 7) is 1.16. The Labute approximate surface area is 124 Å². The molecule has 0 bridgehead atoms. The first kappa shape index (κ1) is 13.5. The molecule has 0 radical (unpaired) electrons. The second-order valence-corrected chi connectivity index (χ2v) is 5.30. The van der Waals surface area contributed by atoms with E-state index >= 15 is 0 Å². The highest BCUT2D eigenvalue weighted by Gasteiger charge is 2.25. The fourth-order valence-corrected chi connectivity index (χ4v) is 2.68. The molecular weight excluding hydrogens is 264 g/mol. The highest BCUT2D eigenvalue weighted by Crippen LogP contribution is 2.22. The number of nitrogens with zero attached hydrogens (tertiary/aromatic N) is 1. The average Bonchev–Trinajstić information content (AvgIpc) is 2.98. The van der Waals surface area contributed by atoms with Gasteiger partial charge in [-0.1, -0.05) is 42.5 Å². The number of hydrogen-bond acceptors (Lipinski definition) is 2. The van der Waals surface area contributed by atoms with Gasteiger partial charge in [-0.2, -0.15) is 0 Å². The number of amides is 1. The standard InChI is InChI=1S/C17H18N2O2/c20-17(21)19-11-10-16(12-19)18-15-8-6-14(7-9-15)13-4-2-1-3-5-13/h1-9,16,18H,10-12H2,(H,20,21). The minimum atomic E-state index is -0.835. The quantitative estimate of drug-likeness (QED) is 0.905. The number of benzene rings is 2. The van der Waals surface area contributed by atoms with Gasteiger partial charge in [0.25, 0.3) is 0 Å². The smallest absolute Gasteiger partial charge is 0.407 e. The maximum Gasteiger partial charge on any atom is 0.407 e. The van der Waals surface area contributed by atoms with E-state index < -0.39 is 6.09 Å². The van der Waals surface area contributed by atoms with Crippen molar-refractivity contribution in [1.82, 2.24) is 4.90 Å². The molecule has 4 heteroatoms. The summed E-state index contributed by atoms with van der Waals surface area (Å²) in [7, 11) is 0. The van der Waals surface area contributed by atoms with Crippen LogP contribution in [-0.4, -0.2) is 35.2 Å². The molecule has 1 amide bonds. The zero-order valence-corrected chi connectivity index (χ0v) is 11.7. The van der Waals surface area contributed by atoms with Crippen LogP contribution in [0.2, 0.25) is 0 Å². The van der Waals surface area contributed by atoms with Crippen LogP contribution in [0.15, 0.2) is 54.6 Å². The van der Waals surface area contributed by atoms with E-state index in [-0.39, 0.29) is 6.04 Å². The van der Waals surface area contributed by atoms with E-state index in [9.17, 15) is 4.79 Å². The normalized spacial score (nSPS) is 17.7. The molecule has 1 aliphatic heterocycles. The molecule has 1 saturated heterocycles. The predicted molar refractivity (Wildman–Crippen MR) is 83.5 cm³/mol. The molecule has 3 rings (SSSR count). The molecule has 0 spiro atoms. The molecule has 2 aromatic carbocycles. The molecule has 1 fully saturated rings. The van der Waals surface area contributed by atoms with E-state index in [0.29, 0.717) is 13.1 Å². The Morgan fingerprint density at radius 1 is 1.05 bits per heavy atom. The number of anilines is 1. The zero-order chi connectivity index (χ0) is 14.7. The minimum Gasteiger partial charge on any atom is -0.465 e. The number of carbonyl (C=O) groups is 1. The van der Waals surface area contributed by atoms with Gasteiger partial charge in [0.2, 0.25) is 0 Å². The van der Waals surface area contributed by atoms with Crippen molar-refractivity contribution in [2.75, 3.05) is 18.4 Å². The van der Waals surface area contributed by atoms with Crippen LogP contribution in [0.1, 0.15) is 6.42 Å². The first-order chi connectivity index (χ1) is 10.2. The van der Waals surface area contributed by atoms with E-state index in [1.807, 2.05) is 30.3 Å². The molecule has 1 atom stereocenters. The Balaban J connectivity index is 1.64. The Morgan fingerprint density at radius 3 is 2.33 bits per heavy atom. The van der Waals surface area contributed by atoms with Crippen LogP contribution in [0, 0.1) is 0 Å². The third-order valence-corrected chi connectivity index (χ3v) is 3.82. The zero-order valence-electron chi connectivity index (χ0n) is 11.7. The summed E-state index contributed by atoms with van der Waals surface area (Å²) in [5, 5.41) is 12.4. The van der Waals surface area contributed by atoms with E-state index in [4.69, 9.17) is 5.11 Å². The van der Waals surface area contributed by atoms with Crippen LogP contribution in [0.4, 0.5) is 10.5 Å². The Hall–Kier alpha value is -2.49. The molecule has 108 valence electrons. The van der Waals surface area contributed by atoms with Crippen LogP contribution in [0.5, 0.6) is 0 Å². The van der Waals surface area contributed by atoms with Crippen molar-refractivity contribution in [1.29, 1.82) is 0 Å². The summed E-state index contributed by atoms with van der Waals surface area (Å²) < 4.78 is 0. The number of nitrogens with one attached hydrogen (secondary N) is 1. The van der Waals surface area contributed by atoms with Crippen LogP contribution in [-0.2, 0) is 0 Å². The molecule has 1 unspecified atom stereocenters. The lowest BCUT2D eigenvalue weighted by atomic mass is 10.1. The number of hydrogen-bond donors (Lipinski definition) is 2. The van der Waals surface area contributed by atoms with Crippen molar-refractivity contribution >= 4 is 11.8 Å². The van der Waals surface area contributed by atoms with Crippen LogP contribution < -0.4 is 5.32 Å². The minimum absolute atomic E-state index is 0.198. The Morgan fingerprint density at radius 2 is 1.71 bits per heavy atom. The monoisotopic (exact) mass is 282 g/mol. The molecule has 0 aliphatic carbocycles. The highest BCUT2D eigenvalue weighted by molar-refractivity contribution is 5.67. The number of rotatable bonds is 3. The van der Waals surface area contributed by atoms with Crippen molar-refractivity contribution in [3.63, 3.8) is 0 Å². The van der Waals surface area contributed by atoms with E-state index in [0.717, 1.165) is 12.1 Å². The topological polar surface area (TPSA) is 52.6 Å². The third-order valence-electron chi connectivity index (χ3n) is 3.82. The molecule has 1 aliphatic rings. The molecule has 21 heavy (non-hydrogen) atoms. The number of carboxylic acid groups (broad SMARTS) is 1. The summed E-state index contributed by atoms with van der Waals surface area (Å²) in [6.07, 6.45) is 0.0194. The maximum atomic E-state index is 10.9. The van der Waals surface area contributed by atoms with E-state index in [1.165, 1.54) is 16.0 Å². The number of likely N-dealkylation sites (tertiary alicyclic amines) is 1. The molecule has 0 aromatic heterocycles. The van der Waals surface area contributed by atoms with E-state index in [2.05, 4.69) is 29.6 Å². The van der Waals surface area contributed by atoms with Gasteiger partial charge in [-0.15, -0.1) is 0 Å². The Bertz CT molecular complexity index is 610. The lowest BCUT2D eigenvalue weighted by molar-refractivity contribution is 0.155. The van der Waals surface area contributed by atoms with Gasteiger partial charge in [0.05, 0.1) is 0 Å². The van der Waals surface area contributed by atoms with Crippen LogP contribution in [0.3, 0.4) is 0 Å². The molecule has 4 nitrogen and oxygen atoms in total. The Kier molecular flexibility index (Phi) is 3.77. The molecular formula is C17H18N2O2. The van der Waals surface area contributed by atoms with Gasteiger partial charge in [-0.3, -0.25) is 0 Å². The molecule has 1 heterocycles. The van der Waals surface area contributed by atoms with Gasteiger partial charge >= 0.3 is 6.09 Å². The second kappa shape index (κ2) is 5.87. The van der Waals surface area contributed by atoms with Gasteiger partial charge in [0.15, 0.2) is 0 Å². The summed E-state index contributed by atoms with van der Waals surface area (Å²) in [6, 6.07) is 18.7. The SMILES string of the molecule is O=C(O)N1CCC(Nc2ccc(-c3ccccc3)cc2)C1. The lowest BCUT2D eigenvalue weighted by Crippen LogP contribution is -2.30. The summed E-state index contributed by atoms with van der Waals surface area (Å²) in [5.74, 6) is 0. The highest BCUT2D eigenvalue weighted by atomic mass is 16.4. The average molecular weight is 282 g/mol. The predicted octanol–water partition coefficient (Wildman–Crippen LogP) is 3.52. The summed E-state index contributed by atoms with van der Waals surface area (Å²) in [4.78, 5) is 12.4. The summed E-state index contributed by atoms with van der Waals surface area (Å²) in [5.41, 5.74) is 3.41. The van der Waals surface area contributed by atoms with E-state index in [1.54, 1.807) is 0 Å². The summed E-state index contributed by atoms with van der Waals surface area (Å²) >= 11 is 0. The maximum absolute atomic E-state index is 10.9. The molecule has 2 aromatic rings. The van der Waals surface area contributed by atoms with Crippen LogP contribution in [0.25, 0.3) is 11.1 Å². The molecule has 0 saturated carbocycles. The van der Waals surface area contributed by atoms with Crippen molar-refractivity contribution in [3.8, 4) is 11.1 Å². The van der Waals surface area contributed by atoms with Gasteiger partial charge in [0, 0.05) is 24.8 Å². The van der Waals surface area contributed by atoms with Gasteiger partial charge in [0.1, 0.15) is 0 Å². The van der Waals surface area contributed by atoms with Crippen molar-refractivity contribution in [2.24, 2.45) is 0 Å². The van der Waals surface area contributed by atoms with Gasteiger partial charge < -0.3 is 15.3 Å². The van der Waals surface area contributed by atoms with Crippen molar-refractivity contribution in [2.45, 2.75) is 12.5 Å². The fourth-order valence-electron chi connectivity index (χ4n) is 2.68.